The second-order valence-corrected chi connectivity index (χ2v) is 13.0. The van der Waals surface area contributed by atoms with Crippen molar-refractivity contribution in [2.75, 3.05) is 20.2 Å². The van der Waals surface area contributed by atoms with Crippen LogP contribution in [0, 0.1) is 0 Å². The first-order valence-electron chi connectivity index (χ1n) is 15.1. The van der Waals surface area contributed by atoms with Crippen LogP contribution in [-0.2, 0) is 39.1 Å². The number of rotatable bonds is 13. The molecule has 1 aromatic heterocycles. The lowest BCUT2D eigenvalue weighted by Crippen LogP contribution is -2.43. The van der Waals surface area contributed by atoms with Crippen molar-refractivity contribution in [3.8, 4) is 5.75 Å². The van der Waals surface area contributed by atoms with Gasteiger partial charge < -0.3 is 15.0 Å². The maximum absolute atomic E-state index is 14.0. The molecule has 2 heterocycles. The van der Waals surface area contributed by atoms with Crippen LogP contribution in [0.1, 0.15) is 47.6 Å². The highest BCUT2D eigenvalue weighted by molar-refractivity contribution is 7.89. The number of ether oxygens (including phenoxy) is 1. The van der Waals surface area contributed by atoms with E-state index in [1.165, 1.54) is 4.31 Å². The number of amides is 2. The van der Waals surface area contributed by atoms with Gasteiger partial charge in [-0.15, -0.1) is 0 Å². The zero-order valence-corrected chi connectivity index (χ0v) is 26.2. The molecule has 0 bridgehead atoms. The van der Waals surface area contributed by atoms with Crippen LogP contribution in [0.25, 0.3) is 0 Å². The van der Waals surface area contributed by atoms with Gasteiger partial charge in [0, 0.05) is 45.0 Å². The Morgan fingerprint density at radius 2 is 1.58 bits per heavy atom. The molecule has 0 saturated carbocycles. The molecular weight excluding hydrogens is 588 g/mol. The molecule has 0 radical (unpaired) electrons. The maximum atomic E-state index is 14.0. The molecule has 1 saturated heterocycles. The third-order valence-corrected chi connectivity index (χ3v) is 9.86. The number of aryl methyl sites for hydroxylation is 1. The standard InChI is InChI=1S/C35H38N4O5S/c1-44-31-16-11-28(12-17-31)26-39(34(30-9-3-2-4-10-30)35(41)37-25-29-8-7-21-36-24-29)33(40)20-15-27-13-18-32(19-14-27)45(42,43)38-22-5-6-23-38/h2-4,7-14,16-19,21,24,34H,5-6,15,20,22-23,25-26H2,1H3,(H,37,41)/t34-/m0/s1. The highest BCUT2D eigenvalue weighted by atomic mass is 32.2. The molecule has 1 fully saturated rings. The molecule has 1 N–H and O–H groups in total. The van der Waals surface area contributed by atoms with E-state index in [2.05, 4.69) is 10.3 Å². The third kappa shape index (κ3) is 8.14. The Balaban J connectivity index is 1.38. The van der Waals surface area contributed by atoms with Gasteiger partial charge >= 0.3 is 0 Å². The normalized spacial score (nSPS) is 14.1. The SMILES string of the molecule is COc1ccc(CN(C(=O)CCc2ccc(S(=O)(=O)N3CCCC3)cc2)[C@H](C(=O)NCc2cccnc2)c2ccccc2)cc1. The maximum Gasteiger partial charge on any atom is 0.247 e. The fraction of sp³-hybridized carbons (Fsp3) is 0.286. The monoisotopic (exact) mass is 626 g/mol. The average Bonchev–Trinajstić information content (AvgIpc) is 3.64. The second kappa shape index (κ2) is 15.0. The minimum atomic E-state index is -3.52. The van der Waals surface area contributed by atoms with E-state index >= 15 is 0 Å². The smallest absolute Gasteiger partial charge is 0.247 e. The number of hydrogen-bond acceptors (Lipinski definition) is 6. The Morgan fingerprint density at radius 3 is 2.22 bits per heavy atom. The number of nitrogens with zero attached hydrogens (tertiary/aromatic N) is 3. The Hall–Kier alpha value is -4.54. The molecule has 45 heavy (non-hydrogen) atoms. The molecule has 1 aliphatic rings. The van der Waals surface area contributed by atoms with Gasteiger partial charge in [0.2, 0.25) is 21.8 Å². The number of sulfonamides is 1. The second-order valence-electron chi connectivity index (χ2n) is 11.0. The minimum absolute atomic E-state index is 0.133. The number of hydrogen-bond donors (Lipinski definition) is 1. The number of carbonyl (C=O) groups excluding carboxylic acids is 2. The molecule has 234 valence electrons. The summed E-state index contributed by atoms with van der Waals surface area (Å²) in [5, 5.41) is 3.00. The van der Waals surface area contributed by atoms with Gasteiger partial charge in [-0.3, -0.25) is 14.6 Å². The summed E-state index contributed by atoms with van der Waals surface area (Å²) in [5.74, 6) is 0.189. The molecule has 1 aliphatic heterocycles. The average molecular weight is 627 g/mol. The van der Waals surface area contributed by atoms with Gasteiger partial charge in [0.1, 0.15) is 11.8 Å². The van der Waals surface area contributed by atoms with E-state index in [0.29, 0.717) is 30.8 Å². The van der Waals surface area contributed by atoms with E-state index < -0.39 is 16.1 Å². The molecule has 5 rings (SSSR count). The number of pyridine rings is 1. The predicted octanol–water partition coefficient (Wildman–Crippen LogP) is 4.89. The lowest BCUT2D eigenvalue weighted by molar-refractivity contribution is -0.141. The highest BCUT2D eigenvalue weighted by Crippen LogP contribution is 2.27. The Labute approximate surface area is 264 Å². The first-order chi connectivity index (χ1) is 21.8. The summed E-state index contributed by atoms with van der Waals surface area (Å²) in [4.78, 5) is 33.9. The van der Waals surface area contributed by atoms with Crippen LogP contribution in [0.5, 0.6) is 5.75 Å². The van der Waals surface area contributed by atoms with Crippen molar-refractivity contribution in [3.05, 3.63) is 126 Å². The molecule has 0 unspecified atom stereocenters. The fourth-order valence-electron chi connectivity index (χ4n) is 5.45. The summed E-state index contributed by atoms with van der Waals surface area (Å²) in [6.45, 7) is 1.56. The van der Waals surface area contributed by atoms with Gasteiger partial charge in [-0.2, -0.15) is 4.31 Å². The minimum Gasteiger partial charge on any atom is -0.497 e. The highest BCUT2D eigenvalue weighted by Gasteiger charge is 2.32. The van der Waals surface area contributed by atoms with Gasteiger partial charge in [-0.25, -0.2) is 8.42 Å². The zero-order valence-electron chi connectivity index (χ0n) is 25.3. The topological polar surface area (TPSA) is 109 Å². The van der Waals surface area contributed by atoms with E-state index in [4.69, 9.17) is 4.74 Å². The van der Waals surface area contributed by atoms with Crippen LogP contribution in [0.4, 0.5) is 0 Å². The lowest BCUT2D eigenvalue weighted by Gasteiger charge is -2.32. The van der Waals surface area contributed by atoms with Crippen molar-refractivity contribution in [2.45, 2.75) is 49.7 Å². The van der Waals surface area contributed by atoms with Crippen LogP contribution >= 0.6 is 0 Å². The predicted molar refractivity (Wildman–Crippen MR) is 172 cm³/mol. The van der Waals surface area contributed by atoms with Gasteiger partial charge in [0.05, 0.1) is 12.0 Å². The lowest BCUT2D eigenvalue weighted by atomic mass is 10.0. The van der Waals surface area contributed by atoms with Crippen LogP contribution in [0.3, 0.4) is 0 Å². The number of aromatic nitrogens is 1. The van der Waals surface area contributed by atoms with Gasteiger partial charge in [-0.05, 0) is 71.8 Å². The molecule has 2 amide bonds. The van der Waals surface area contributed by atoms with E-state index in [-0.39, 0.29) is 36.2 Å². The molecule has 0 aliphatic carbocycles. The molecule has 4 aromatic rings. The molecule has 9 nitrogen and oxygen atoms in total. The van der Waals surface area contributed by atoms with Crippen LogP contribution in [0.15, 0.2) is 108 Å². The largest absolute Gasteiger partial charge is 0.497 e. The Kier molecular flexibility index (Phi) is 10.6. The summed E-state index contributed by atoms with van der Waals surface area (Å²) in [6, 6.07) is 26.3. The van der Waals surface area contributed by atoms with Crippen LogP contribution in [-0.4, -0.2) is 54.6 Å². The summed E-state index contributed by atoms with van der Waals surface area (Å²) in [5.41, 5.74) is 3.23. The summed E-state index contributed by atoms with van der Waals surface area (Å²) in [7, 11) is -1.92. The van der Waals surface area contributed by atoms with Crippen molar-refractivity contribution in [3.63, 3.8) is 0 Å². The van der Waals surface area contributed by atoms with Gasteiger partial charge in [0.15, 0.2) is 0 Å². The quantitative estimate of drug-likeness (QED) is 0.226. The molecule has 1 atom stereocenters. The zero-order chi connectivity index (χ0) is 31.6. The molecule has 3 aromatic carbocycles. The summed E-state index contributed by atoms with van der Waals surface area (Å²) < 4.78 is 32.7. The van der Waals surface area contributed by atoms with Crippen molar-refractivity contribution in [1.82, 2.24) is 19.5 Å². The van der Waals surface area contributed by atoms with Crippen LogP contribution in [0.2, 0.25) is 0 Å². The van der Waals surface area contributed by atoms with Crippen molar-refractivity contribution in [2.24, 2.45) is 0 Å². The Morgan fingerprint density at radius 1 is 0.889 bits per heavy atom. The first kappa shape index (κ1) is 31.9. The van der Waals surface area contributed by atoms with E-state index in [1.54, 1.807) is 48.7 Å². The number of carbonyl (C=O) groups is 2. The van der Waals surface area contributed by atoms with E-state index in [9.17, 15) is 18.0 Å². The number of methoxy groups -OCH3 is 1. The third-order valence-electron chi connectivity index (χ3n) is 7.95. The first-order valence-corrected chi connectivity index (χ1v) is 16.5. The van der Waals surface area contributed by atoms with Gasteiger partial charge in [-0.1, -0.05) is 60.7 Å². The fourth-order valence-corrected chi connectivity index (χ4v) is 6.97. The van der Waals surface area contributed by atoms with Crippen molar-refractivity contribution in [1.29, 1.82) is 0 Å². The Bertz CT molecular complexity index is 1660. The van der Waals surface area contributed by atoms with E-state index in [1.807, 2.05) is 66.7 Å². The molecular formula is C35H38N4O5S. The molecule has 0 spiro atoms. The van der Waals surface area contributed by atoms with Crippen LogP contribution < -0.4 is 10.1 Å². The van der Waals surface area contributed by atoms with Crippen molar-refractivity contribution >= 4 is 21.8 Å². The number of nitrogens with one attached hydrogen (secondary N) is 1. The summed E-state index contributed by atoms with van der Waals surface area (Å²) >= 11 is 0. The summed E-state index contributed by atoms with van der Waals surface area (Å²) in [6.07, 6.45) is 5.64. The van der Waals surface area contributed by atoms with Gasteiger partial charge in [0.25, 0.3) is 0 Å². The molecule has 10 heteroatoms. The van der Waals surface area contributed by atoms with E-state index in [0.717, 1.165) is 29.5 Å². The number of benzene rings is 3. The van der Waals surface area contributed by atoms with Crippen molar-refractivity contribution < 1.29 is 22.7 Å².